The number of thiazole rings is 1. The fraction of sp³-hybridized carbons (Fsp3) is 0.556. The van der Waals surface area contributed by atoms with Gasteiger partial charge in [0.1, 0.15) is 0 Å². The number of nitrogens with zero attached hydrogens (tertiary/aromatic N) is 1. The number of esters is 1. The lowest BCUT2D eigenvalue weighted by Crippen LogP contribution is -2.28. The minimum Gasteiger partial charge on any atom is -0.466 e. The van der Waals surface area contributed by atoms with Crippen LogP contribution in [0.3, 0.4) is 0 Å². The van der Waals surface area contributed by atoms with E-state index >= 15 is 0 Å². The van der Waals surface area contributed by atoms with Gasteiger partial charge in [0.2, 0.25) is 0 Å². The summed E-state index contributed by atoms with van der Waals surface area (Å²) in [6.07, 6.45) is -3.64. The number of fused-ring (bicyclic) bond motifs is 1. The highest BCUT2D eigenvalue weighted by Gasteiger charge is 2.49. The lowest BCUT2D eigenvalue weighted by atomic mass is 10.0. The van der Waals surface area contributed by atoms with Crippen LogP contribution >= 0.6 is 11.3 Å². The number of carbonyl (C=O) groups excluding carboxylic acids is 1. The van der Waals surface area contributed by atoms with Gasteiger partial charge < -0.3 is 14.0 Å². The summed E-state index contributed by atoms with van der Waals surface area (Å²) >= 11 is 0.277. The third kappa shape index (κ3) is 7.81. The van der Waals surface area contributed by atoms with Crippen molar-refractivity contribution in [2.45, 2.75) is 58.6 Å². The molecule has 32 heavy (non-hydrogen) atoms. The Kier molecular flexibility index (Phi) is 8.96. The van der Waals surface area contributed by atoms with E-state index < -0.39 is 50.8 Å². The maximum Gasteiger partial charge on any atom is 0.534 e. The minimum atomic E-state index is -6.10. The zero-order chi connectivity index (χ0) is 25.1. The number of hydrogen-bond acceptors (Lipinski definition) is 8. The lowest BCUT2D eigenvalue weighted by molar-refractivity contribution is -0.142. The Hall–Kier alpha value is -2.06. The van der Waals surface area contributed by atoms with Crippen LogP contribution in [0.25, 0.3) is 10.2 Å². The molecule has 0 spiro atoms. The molecule has 0 radical (unpaired) electrons. The van der Waals surface area contributed by atoms with E-state index in [9.17, 15) is 35.2 Å². The summed E-state index contributed by atoms with van der Waals surface area (Å²) < 4.78 is 95.5. The molecule has 0 unspecified atom stereocenters. The molecule has 0 saturated heterocycles. The first-order chi connectivity index (χ1) is 14.4. The van der Waals surface area contributed by atoms with Crippen molar-refractivity contribution >= 4 is 37.6 Å². The molecular weight excluding hydrogens is 485 g/mol. The van der Waals surface area contributed by atoms with Crippen LogP contribution in [0.15, 0.2) is 6.07 Å². The molecule has 0 aliphatic carbocycles. The molecule has 1 aromatic heterocycles. The molecule has 0 fully saturated rings. The lowest BCUT2D eigenvalue weighted by Gasteiger charge is -2.15. The quantitative estimate of drug-likeness (QED) is 0.263. The number of alkyl halides is 5. The molecule has 2 aromatic rings. The van der Waals surface area contributed by atoms with Crippen LogP contribution in [0.2, 0.25) is 0 Å². The number of aliphatic hydroxyl groups is 1. The van der Waals surface area contributed by atoms with Crippen molar-refractivity contribution in [3.05, 3.63) is 22.2 Å². The van der Waals surface area contributed by atoms with Crippen molar-refractivity contribution in [2.24, 2.45) is 0 Å². The van der Waals surface area contributed by atoms with Crippen LogP contribution < -0.4 is 4.18 Å². The number of hydrogen-bond donors (Lipinski definition) is 1. The van der Waals surface area contributed by atoms with Gasteiger partial charge in [-0.3, -0.25) is 4.79 Å². The predicted molar refractivity (Wildman–Crippen MR) is 107 cm³/mol. The molecular formula is C18H22F5NO6S2. The van der Waals surface area contributed by atoms with E-state index in [0.717, 1.165) is 0 Å². The number of aryl methyl sites for hydroxylation is 1. The molecule has 14 heteroatoms. The Labute approximate surface area is 185 Å². The number of rotatable bonds is 6. The van der Waals surface area contributed by atoms with Gasteiger partial charge >= 0.3 is 21.6 Å². The van der Waals surface area contributed by atoms with E-state index in [1.54, 1.807) is 20.8 Å². The second-order valence-electron chi connectivity index (χ2n) is 7.34. The van der Waals surface area contributed by atoms with Crippen LogP contribution in [0.5, 0.6) is 5.75 Å². The van der Waals surface area contributed by atoms with E-state index in [1.807, 2.05) is 0 Å². The van der Waals surface area contributed by atoms with Gasteiger partial charge in [0, 0.05) is 5.56 Å². The largest absolute Gasteiger partial charge is 0.534 e. The molecule has 0 aliphatic heterocycles. The molecule has 7 nitrogen and oxygen atoms in total. The fourth-order valence-electron chi connectivity index (χ4n) is 2.13. The summed E-state index contributed by atoms with van der Waals surface area (Å²) in [4.78, 5) is 15.3. The van der Waals surface area contributed by atoms with E-state index in [4.69, 9.17) is 9.84 Å². The monoisotopic (exact) mass is 507 g/mol. The first-order valence-corrected chi connectivity index (χ1v) is 11.2. The van der Waals surface area contributed by atoms with E-state index in [-0.39, 0.29) is 39.3 Å². The predicted octanol–water partition coefficient (Wildman–Crippen LogP) is 4.65. The molecule has 0 saturated carbocycles. The molecule has 0 amide bonds. The summed E-state index contributed by atoms with van der Waals surface area (Å²) in [5, 5.41) is 7.79. The average molecular weight is 507 g/mol. The summed E-state index contributed by atoms with van der Waals surface area (Å²) in [6, 6.07) is 1.25. The van der Waals surface area contributed by atoms with Gasteiger partial charge in [0.05, 0.1) is 28.8 Å². The van der Waals surface area contributed by atoms with Crippen LogP contribution in [0.1, 0.15) is 50.3 Å². The van der Waals surface area contributed by atoms with Gasteiger partial charge in [0.15, 0.2) is 10.8 Å². The molecule has 182 valence electrons. The maximum atomic E-state index is 12.9. The van der Waals surface area contributed by atoms with Crippen LogP contribution in [-0.4, -0.2) is 42.2 Å². The first-order valence-electron chi connectivity index (χ1n) is 8.97. The smallest absolute Gasteiger partial charge is 0.466 e. The van der Waals surface area contributed by atoms with Crippen molar-refractivity contribution in [3.63, 3.8) is 0 Å². The highest BCUT2D eigenvalue weighted by Crippen LogP contribution is 2.41. The summed E-state index contributed by atoms with van der Waals surface area (Å²) in [7, 11) is -6.10. The Balaban J connectivity index is 0.000000920. The molecule has 1 heterocycles. The summed E-state index contributed by atoms with van der Waals surface area (Å²) in [5.74, 6) is -1.72. The Bertz CT molecular complexity index is 1050. The van der Waals surface area contributed by atoms with Gasteiger partial charge in [-0.2, -0.15) is 21.6 Å². The average Bonchev–Trinajstić information content (AvgIpc) is 2.99. The van der Waals surface area contributed by atoms with Crippen molar-refractivity contribution in [1.82, 2.24) is 4.98 Å². The summed E-state index contributed by atoms with van der Waals surface area (Å²) in [5.41, 5.74) is -6.51. The minimum absolute atomic E-state index is 0.0206. The number of carbonyl (C=O) groups is 1. The molecule has 1 N–H and O–H groups in total. The van der Waals surface area contributed by atoms with Crippen molar-refractivity contribution in [3.8, 4) is 5.75 Å². The molecule has 1 aromatic carbocycles. The second-order valence-corrected chi connectivity index (χ2v) is 9.91. The Morgan fingerprint density at radius 2 is 1.78 bits per heavy atom. The highest BCUT2D eigenvalue weighted by molar-refractivity contribution is 7.88. The van der Waals surface area contributed by atoms with E-state index in [2.05, 4.69) is 9.17 Å². The Morgan fingerprint density at radius 3 is 2.22 bits per heavy atom. The van der Waals surface area contributed by atoms with Crippen molar-refractivity contribution in [2.75, 3.05) is 6.61 Å². The number of aromatic nitrogens is 1. The Morgan fingerprint density at radius 1 is 1.25 bits per heavy atom. The first kappa shape index (κ1) is 28.0. The molecule has 2 rings (SSSR count). The van der Waals surface area contributed by atoms with Crippen molar-refractivity contribution in [1.29, 1.82) is 0 Å². The number of ether oxygens (including phenoxy) is 1. The van der Waals surface area contributed by atoms with Crippen LogP contribution in [0, 0.1) is 6.92 Å². The van der Waals surface area contributed by atoms with Gasteiger partial charge in [-0.25, -0.2) is 13.8 Å². The highest BCUT2D eigenvalue weighted by atomic mass is 32.2. The third-order valence-electron chi connectivity index (χ3n) is 3.27. The SMILES string of the molecule is CC(C)(C)O.CCOC(=O)Cc1c(C)cc2nc(C(F)F)sc2c1OS(=O)(=O)C(F)(F)F. The fourth-order valence-corrected chi connectivity index (χ4v) is 3.59. The van der Waals surface area contributed by atoms with Gasteiger partial charge in [0.25, 0.3) is 6.43 Å². The zero-order valence-electron chi connectivity index (χ0n) is 17.7. The molecule has 0 atom stereocenters. The van der Waals surface area contributed by atoms with Gasteiger partial charge in [-0.1, -0.05) is 0 Å². The van der Waals surface area contributed by atoms with Crippen LogP contribution in [-0.2, 0) is 26.1 Å². The standard InChI is InChI=1S/C14H12F5NO5S2.C4H10O/c1-3-24-9(21)5-7-6(2)4-8-11(26-13(20-8)12(15)16)10(7)25-27(22,23)14(17,18)19;1-4(2,3)5/h4,12H,3,5H2,1-2H3;5H,1-3H3. The molecule has 0 bridgehead atoms. The summed E-state index contributed by atoms with van der Waals surface area (Å²) in [6.45, 7) is 8.06. The van der Waals surface area contributed by atoms with E-state index in [0.29, 0.717) is 0 Å². The van der Waals surface area contributed by atoms with E-state index in [1.165, 1.54) is 19.9 Å². The van der Waals surface area contributed by atoms with Crippen molar-refractivity contribution < 1.29 is 49.2 Å². The second kappa shape index (κ2) is 10.3. The topological polar surface area (TPSA) is 103 Å². The van der Waals surface area contributed by atoms with Crippen LogP contribution in [0.4, 0.5) is 22.0 Å². The van der Waals surface area contributed by atoms with Gasteiger partial charge in [-0.15, -0.1) is 11.3 Å². The zero-order valence-corrected chi connectivity index (χ0v) is 19.3. The maximum absolute atomic E-state index is 12.9. The molecule has 0 aliphatic rings. The third-order valence-corrected chi connectivity index (χ3v) is 5.30. The normalized spacial score (nSPS) is 12.5. The number of halogens is 5. The number of benzene rings is 1. The van der Waals surface area contributed by atoms with Gasteiger partial charge in [-0.05, 0) is 46.2 Å².